The number of methoxy groups -OCH3 is 1. The van der Waals surface area contributed by atoms with Crippen molar-refractivity contribution in [3.8, 4) is 5.75 Å². The smallest absolute Gasteiger partial charge is 0.220 e. The predicted octanol–water partition coefficient (Wildman–Crippen LogP) is 1.17. The van der Waals surface area contributed by atoms with Gasteiger partial charge in [0.05, 0.1) is 13.4 Å². The highest BCUT2D eigenvalue weighted by Gasteiger charge is 2.31. The second-order valence-corrected chi connectivity index (χ2v) is 7.72. The lowest BCUT2D eigenvalue weighted by Gasteiger charge is -2.22. The van der Waals surface area contributed by atoms with Crippen LogP contribution in [0.1, 0.15) is 24.8 Å². The van der Waals surface area contributed by atoms with E-state index in [2.05, 4.69) is 5.32 Å². The van der Waals surface area contributed by atoms with Crippen LogP contribution < -0.4 is 10.1 Å². The van der Waals surface area contributed by atoms with E-state index in [9.17, 15) is 13.2 Å². The Morgan fingerprint density at radius 1 is 1.39 bits per heavy atom. The third-order valence-corrected chi connectivity index (χ3v) is 5.43. The summed E-state index contributed by atoms with van der Waals surface area (Å²) in [7, 11) is -1.59. The van der Waals surface area contributed by atoms with Crippen molar-refractivity contribution in [3.63, 3.8) is 0 Å². The van der Waals surface area contributed by atoms with E-state index in [-0.39, 0.29) is 11.9 Å². The first-order valence-electron chi connectivity index (χ1n) is 7.77. The van der Waals surface area contributed by atoms with E-state index in [0.29, 0.717) is 25.9 Å². The summed E-state index contributed by atoms with van der Waals surface area (Å²) in [5, 5.41) is 2.85. The van der Waals surface area contributed by atoms with Crippen LogP contribution in [0.25, 0.3) is 0 Å². The molecule has 128 valence electrons. The highest BCUT2D eigenvalue weighted by Crippen LogP contribution is 2.20. The Kier molecular flexibility index (Phi) is 6.01. The number of nitrogens with one attached hydrogen (secondary N) is 1. The van der Waals surface area contributed by atoms with E-state index in [1.165, 1.54) is 10.6 Å². The van der Waals surface area contributed by atoms with Crippen LogP contribution in [-0.4, -0.2) is 51.1 Å². The fraction of sp³-hybridized carbons (Fsp3) is 0.562. The molecule has 2 rings (SSSR count). The summed E-state index contributed by atoms with van der Waals surface area (Å²) in [6.45, 7) is 0.915. The van der Waals surface area contributed by atoms with Crippen LogP contribution in [0, 0.1) is 0 Å². The van der Waals surface area contributed by atoms with E-state index >= 15 is 0 Å². The highest BCUT2D eigenvalue weighted by molar-refractivity contribution is 7.88. The van der Waals surface area contributed by atoms with E-state index in [1.54, 1.807) is 7.11 Å². The summed E-state index contributed by atoms with van der Waals surface area (Å²) < 4.78 is 30.1. The molecule has 1 N–H and O–H groups in total. The third kappa shape index (κ3) is 4.94. The van der Waals surface area contributed by atoms with Gasteiger partial charge in [0.15, 0.2) is 0 Å². The van der Waals surface area contributed by atoms with E-state index < -0.39 is 10.0 Å². The minimum atomic E-state index is -3.20. The van der Waals surface area contributed by atoms with Crippen molar-refractivity contribution < 1.29 is 17.9 Å². The number of aryl methyl sites for hydroxylation is 1. The Hall–Kier alpha value is -1.60. The molecule has 0 saturated carbocycles. The molecule has 1 saturated heterocycles. The van der Waals surface area contributed by atoms with Gasteiger partial charge in [-0.25, -0.2) is 8.42 Å². The Morgan fingerprint density at radius 3 is 2.83 bits per heavy atom. The van der Waals surface area contributed by atoms with Crippen LogP contribution in [0.4, 0.5) is 0 Å². The van der Waals surface area contributed by atoms with E-state index in [1.807, 2.05) is 24.3 Å². The first-order valence-corrected chi connectivity index (χ1v) is 9.62. The lowest BCUT2D eigenvalue weighted by Crippen LogP contribution is -2.42. The second-order valence-electron chi connectivity index (χ2n) is 5.79. The normalized spacial score (nSPS) is 18.8. The average Bonchev–Trinajstić information content (AvgIpc) is 3.00. The maximum absolute atomic E-state index is 12.0. The van der Waals surface area contributed by atoms with Crippen molar-refractivity contribution in [2.45, 2.75) is 31.7 Å². The number of carbonyl (C=O) groups excluding carboxylic acids is 1. The van der Waals surface area contributed by atoms with E-state index in [0.717, 1.165) is 24.2 Å². The van der Waals surface area contributed by atoms with E-state index in [4.69, 9.17) is 4.74 Å². The van der Waals surface area contributed by atoms with Crippen molar-refractivity contribution >= 4 is 15.9 Å². The number of sulfonamides is 1. The maximum Gasteiger partial charge on any atom is 0.220 e. The summed E-state index contributed by atoms with van der Waals surface area (Å²) in [6, 6.07) is 7.49. The van der Waals surface area contributed by atoms with Gasteiger partial charge in [0, 0.05) is 25.6 Å². The summed E-state index contributed by atoms with van der Waals surface area (Å²) in [6.07, 6.45) is 3.80. The zero-order chi connectivity index (χ0) is 16.9. The maximum atomic E-state index is 12.0. The second kappa shape index (κ2) is 7.79. The molecule has 1 aliphatic heterocycles. The Morgan fingerprint density at radius 2 is 2.13 bits per heavy atom. The van der Waals surface area contributed by atoms with Gasteiger partial charge in [-0.15, -0.1) is 0 Å². The topological polar surface area (TPSA) is 75.7 Å². The van der Waals surface area contributed by atoms with Gasteiger partial charge < -0.3 is 10.1 Å². The fourth-order valence-corrected chi connectivity index (χ4v) is 4.11. The van der Waals surface area contributed by atoms with Gasteiger partial charge >= 0.3 is 0 Å². The van der Waals surface area contributed by atoms with Gasteiger partial charge in [0.1, 0.15) is 5.75 Å². The van der Waals surface area contributed by atoms with Crippen LogP contribution in [0.15, 0.2) is 24.3 Å². The van der Waals surface area contributed by atoms with Crippen molar-refractivity contribution in [3.05, 3.63) is 29.8 Å². The Balaban J connectivity index is 1.81. The predicted molar refractivity (Wildman–Crippen MR) is 88.9 cm³/mol. The largest absolute Gasteiger partial charge is 0.496 e. The number of benzene rings is 1. The quantitative estimate of drug-likeness (QED) is 0.808. The Labute approximate surface area is 137 Å². The van der Waals surface area contributed by atoms with Gasteiger partial charge in [-0.1, -0.05) is 18.2 Å². The molecule has 0 radical (unpaired) electrons. The molecule has 0 aromatic heterocycles. The van der Waals surface area contributed by atoms with Gasteiger partial charge in [-0.2, -0.15) is 4.31 Å². The van der Waals surface area contributed by atoms with Gasteiger partial charge in [-0.05, 0) is 30.9 Å². The first-order chi connectivity index (χ1) is 10.9. The molecule has 1 aromatic carbocycles. The highest BCUT2D eigenvalue weighted by atomic mass is 32.2. The van der Waals surface area contributed by atoms with Crippen molar-refractivity contribution in [1.82, 2.24) is 9.62 Å². The van der Waals surface area contributed by atoms with Crippen LogP contribution in [-0.2, 0) is 21.2 Å². The lowest BCUT2D eigenvalue weighted by molar-refractivity contribution is -0.121. The van der Waals surface area contributed by atoms with Crippen LogP contribution in [0.2, 0.25) is 0 Å². The molecular weight excluding hydrogens is 316 g/mol. The van der Waals surface area contributed by atoms with Crippen LogP contribution in [0.5, 0.6) is 5.75 Å². The molecule has 23 heavy (non-hydrogen) atoms. The van der Waals surface area contributed by atoms with Crippen LogP contribution >= 0.6 is 0 Å². The summed E-state index contributed by atoms with van der Waals surface area (Å²) in [4.78, 5) is 12.0. The lowest BCUT2D eigenvalue weighted by atomic mass is 10.1. The van der Waals surface area contributed by atoms with Gasteiger partial charge in [-0.3, -0.25) is 4.79 Å². The average molecular weight is 340 g/mol. The van der Waals surface area contributed by atoms with Gasteiger partial charge in [0.2, 0.25) is 15.9 Å². The number of carbonyl (C=O) groups is 1. The molecule has 1 unspecified atom stereocenters. The number of nitrogens with zero attached hydrogens (tertiary/aromatic N) is 1. The summed E-state index contributed by atoms with van der Waals surface area (Å²) in [5.74, 6) is 0.704. The van der Waals surface area contributed by atoms with Crippen molar-refractivity contribution in [1.29, 1.82) is 0 Å². The Bertz CT molecular complexity index is 645. The number of hydrogen-bond acceptors (Lipinski definition) is 4. The summed E-state index contributed by atoms with van der Waals surface area (Å²) >= 11 is 0. The minimum absolute atomic E-state index is 0.0729. The number of para-hydroxylation sites is 1. The minimum Gasteiger partial charge on any atom is -0.496 e. The number of amides is 1. The zero-order valence-corrected chi connectivity index (χ0v) is 14.4. The molecule has 1 heterocycles. The summed E-state index contributed by atoms with van der Waals surface area (Å²) in [5.41, 5.74) is 0.990. The molecule has 6 nitrogen and oxygen atoms in total. The molecule has 0 aliphatic carbocycles. The van der Waals surface area contributed by atoms with Crippen molar-refractivity contribution in [2.24, 2.45) is 0 Å². The zero-order valence-electron chi connectivity index (χ0n) is 13.6. The first kappa shape index (κ1) is 17.7. The molecular formula is C16H24N2O4S. The molecule has 1 fully saturated rings. The molecule has 1 amide bonds. The molecule has 0 spiro atoms. The molecule has 1 atom stereocenters. The molecule has 0 bridgehead atoms. The number of rotatable bonds is 7. The number of hydrogen-bond donors (Lipinski definition) is 1. The fourth-order valence-electron chi connectivity index (χ4n) is 2.93. The number of ether oxygens (including phenoxy) is 1. The standard InChI is InChI=1S/C16H24N2O4S/c1-22-15-8-4-3-6-13(15)9-10-16(19)17-12-14-7-5-11-18(14)23(2,20)21/h3-4,6,8,14H,5,7,9-12H2,1-2H3,(H,17,19). The molecule has 1 aromatic rings. The van der Waals surface area contributed by atoms with Crippen LogP contribution in [0.3, 0.4) is 0 Å². The SMILES string of the molecule is COc1ccccc1CCC(=O)NCC1CCCN1S(C)(=O)=O. The molecule has 7 heteroatoms. The monoisotopic (exact) mass is 340 g/mol. The third-order valence-electron chi connectivity index (χ3n) is 4.10. The van der Waals surface area contributed by atoms with Gasteiger partial charge in [0.25, 0.3) is 0 Å². The molecule has 1 aliphatic rings. The van der Waals surface area contributed by atoms with Crippen molar-refractivity contribution in [2.75, 3.05) is 26.5 Å².